The molecule has 2 fully saturated rings. The van der Waals surface area contributed by atoms with Crippen molar-refractivity contribution in [3.05, 3.63) is 34.9 Å². The number of aryl methyl sites for hydroxylation is 2. The van der Waals surface area contributed by atoms with E-state index in [-0.39, 0.29) is 5.91 Å². The van der Waals surface area contributed by atoms with Crippen LogP contribution in [0.25, 0.3) is 0 Å². The molecule has 1 N–H and O–H groups in total. The Hall–Kier alpha value is -1.35. The van der Waals surface area contributed by atoms with Crippen LogP contribution in [0.1, 0.15) is 72.9 Å². The number of likely N-dealkylation sites (tertiary alicyclic amines) is 1. The minimum Gasteiger partial charge on any atom is -0.348 e. The molecule has 0 unspecified atom stereocenters. The summed E-state index contributed by atoms with van der Waals surface area (Å²) in [5.41, 5.74) is 3.01. The minimum absolute atomic E-state index is 0.110. The van der Waals surface area contributed by atoms with Crippen LogP contribution in [0.5, 0.6) is 0 Å². The maximum Gasteiger partial charge on any atom is 0.252 e. The van der Waals surface area contributed by atoms with Crippen LogP contribution in [0.2, 0.25) is 0 Å². The molecule has 1 saturated carbocycles. The zero-order valence-corrected chi connectivity index (χ0v) is 15.3. The first-order chi connectivity index (χ1) is 11.6. The summed E-state index contributed by atoms with van der Waals surface area (Å²) in [6, 6.07) is 7.12. The normalized spacial score (nSPS) is 23.7. The zero-order valence-electron chi connectivity index (χ0n) is 15.3. The predicted molar refractivity (Wildman–Crippen MR) is 99.5 cm³/mol. The molecule has 1 aromatic carbocycles. The standard InChI is InChI=1S/C21H32N2O/c1-16-9-7-10-17(2)20(16)21(24)22-18-11-8-14-23(15-18)19-12-5-3-4-6-13-19/h7,9-10,18-19H,3-6,8,11-15H2,1-2H3,(H,22,24)/t18-/m1/s1. The largest absolute Gasteiger partial charge is 0.348 e. The SMILES string of the molecule is Cc1cccc(C)c1C(=O)N[C@@H]1CCCN(C2CCCCCC2)C1. The van der Waals surface area contributed by atoms with Crippen molar-refractivity contribution in [2.45, 2.75) is 77.3 Å². The molecule has 3 nitrogen and oxygen atoms in total. The van der Waals surface area contributed by atoms with Gasteiger partial charge in [0.1, 0.15) is 0 Å². The molecular weight excluding hydrogens is 296 g/mol. The fourth-order valence-electron chi connectivity index (χ4n) is 4.51. The van der Waals surface area contributed by atoms with Gasteiger partial charge in [-0.05, 0) is 57.2 Å². The van der Waals surface area contributed by atoms with Crippen molar-refractivity contribution < 1.29 is 4.79 Å². The van der Waals surface area contributed by atoms with E-state index in [2.05, 4.69) is 10.2 Å². The van der Waals surface area contributed by atoms with Crippen LogP contribution in [0, 0.1) is 13.8 Å². The van der Waals surface area contributed by atoms with Gasteiger partial charge in [-0.25, -0.2) is 0 Å². The third kappa shape index (κ3) is 4.18. The van der Waals surface area contributed by atoms with Gasteiger partial charge in [0.25, 0.3) is 5.91 Å². The highest BCUT2D eigenvalue weighted by Gasteiger charge is 2.27. The van der Waals surface area contributed by atoms with Gasteiger partial charge in [-0.2, -0.15) is 0 Å². The Labute approximate surface area is 146 Å². The van der Waals surface area contributed by atoms with E-state index in [1.807, 2.05) is 32.0 Å². The molecule has 1 aliphatic heterocycles. The number of nitrogens with one attached hydrogen (secondary N) is 1. The number of nitrogens with zero attached hydrogens (tertiary/aromatic N) is 1. The number of carbonyl (C=O) groups is 1. The highest BCUT2D eigenvalue weighted by molar-refractivity contribution is 5.97. The van der Waals surface area contributed by atoms with Gasteiger partial charge in [0.2, 0.25) is 0 Å². The molecule has 0 bridgehead atoms. The van der Waals surface area contributed by atoms with Gasteiger partial charge < -0.3 is 5.32 Å². The van der Waals surface area contributed by atoms with E-state index in [1.54, 1.807) is 0 Å². The number of benzene rings is 1. The Morgan fingerprint density at radius 2 is 1.67 bits per heavy atom. The van der Waals surface area contributed by atoms with Gasteiger partial charge in [0.15, 0.2) is 0 Å². The molecule has 1 amide bonds. The summed E-state index contributed by atoms with van der Waals surface area (Å²) < 4.78 is 0. The highest BCUT2D eigenvalue weighted by atomic mass is 16.1. The van der Waals surface area contributed by atoms with E-state index in [1.165, 1.54) is 51.5 Å². The van der Waals surface area contributed by atoms with E-state index in [4.69, 9.17) is 0 Å². The summed E-state index contributed by atoms with van der Waals surface area (Å²) in [5, 5.41) is 3.32. The van der Waals surface area contributed by atoms with Gasteiger partial charge in [-0.1, -0.05) is 43.9 Å². The van der Waals surface area contributed by atoms with Crippen LogP contribution < -0.4 is 5.32 Å². The summed E-state index contributed by atoms with van der Waals surface area (Å²) in [4.78, 5) is 15.4. The van der Waals surface area contributed by atoms with E-state index < -0.39 is 0 Å². The van der Waals surface area contributed by atoms with Gasteiger partial charge in [0, 0.05) is 24.2 Å². The van der Waals surface area contributed by atoms with E-state index in [0.717, 1.165) is 35.7 Å². The summed E-state index contributed by atoms with van der Waals surface area (Å²) in [5.74, 6) is 0.110. The van der Waals surface area contributed by atoms with Crippen LogP contribution in [0.15, 0.2) is 18.2 Å². The fraction of sp³-hybridized carbons (Fsp3) is 0.667. The first kappa shape index (κ1) is 17.5. The van der Waals surface area contributed by atoms with Gasteiger partial charge in [-0.15, -0.1) is 0 Å². The maximum absolute atomic E-state index is 12.8. The van der Waals surface area contributed by atoms with E-state index in [0.29, 0.717) is 6.04 Å². The van der Waals surface area contributed by atoms with E-state index >= 15 is 0 Å². The van der Waals surface area contributed by atoms with Crippen molar-refractivity contribution in [1.82, 2.24) is 10.2 Å². The number of rotatable bonds is 3. The molecule has 0 aromatic heterocycles. The molecule has 1 aliphatic carbocycles. The second-order valence-corrected chi connectivity index (χ2v) is 7.72. The maximum atomic E-state index is 12.8. The van der Waals surface area contributed by atoms with Crippen LogP contribution in [-0.2, 0) is 0 Å². The smallest absolute Gasteiger partial charge is 0.252 e. The van der Waals surface area contributed by atoms with Crippen molar-refractivity contribution in [2.75, 3.05) is 13.1 Å². The summed E-state index contributed by atoms with van der Waals surface area (Å²) in [7, 11) is 0. The molecule has 1 saturated heterocycles. The van der Waals surface area contributed by atoms with Crippen molar-refractivity contribution in [3.8, 4) is 0 Å². The molecular formula is C21H32N2O. The lowest BCUT2D eigenvalue weighted by Gasteiger charge is -2.38. The van der Waals surface area contributed by atoms with Crippen molar-refractivity contribution in [1.29, 1.82) is 0 Å². The lowest BCUT2D eigenvalue weighted by Crippen LogP contribution is -2.51. The summed E-state index contributed by atoms with van der Waals surface area (Å²) in [6.45, 7) is 6.29. The molecule has 0 spiro atoms. The average Bonchev–Trinajstić information content (AvgIpc) is 2.84. The number of piperidine rings is 1. The summed E-state index contributed by atoms with van der Waals surface area (Å²) >= 11 is 0. The molecule has 1 heterocycles. The first-order valence-electron chi connectivity index (χ1n) is 9.76. The molecule has 1 atom stereocenters. The Bertz CT molecular complexity index is 541. The van der Waals surface area contributed by atoms with Crippen LogP contribution in [0.4, 0.5) is 0 Å². The van der Waals surface area contributed by atoms with E-state index in [9.17, 15) is 4.79 Å². The number of carbonyl (C=O) groups excluding carboxylic acids is 1. The molecule has 24 heavy (non-hydrogen) atoms. The third-order valence-corrected chi connectivity index (χ3v) is 5.84. The Morgan fingerprint density at radius 1 is 1.00 bits per heavy atom. The quantitative estimate of drug-likeness (QED) is 0.843. The van der Waals surface area contributed by atoms with Crippen LogP contribution >= 0.6 is 0 Å². The van der Waals surface area contributed by atoms with Gasteiger partial charge in [-0.3, -0.25) is 9.69 Å². The second-order valence-electron chi connectivity index (χ2n) is 7.72. The Balaban J connectivity index is 1.61. The lowest BCUT2D eigenvalue weighted by atomic mass is 9.98. The second kappa shape index (κ2) is 8.15. The lowest BCUT2D eigenvalue weighted by molar-refractivity contribution is 0.0859. The van der Waals surface area contributed by atoms with Gasteiger partial charge >= 0.3 is 0 Å². The Morgan fingerprint density at radius 3 is 2.33 bits per heavy atom. The molecule has 0 radical (unpaired) electrons. The molecule has 3 heteroatoms. The van der Waals surface area contributed by atoms with Crippen LogP contribution in [-0.4, -0.2) is 36.0 Å². The fourth-order valence-corrected chi connectivity index (χ4v) is 4.51. The minimum atomic E-state index is 0.110. The molecule has 3 rings (SSSR count). The third-order valence-electron chi connectivity index (χ3n) is 5.84. The first-order valence-corrected chi connectivity index (χ1v) is 9.76. The van der Waals surface area contributed by atoms with Crippen LogP contribution in [0.3, 0.4) is 0 Å². The molecule has 132 valence electrons. The predicted octanol–water partition coefficient (Wildman–Crippen LogP) is 4.22. The monoisotopic (exact) mass is 328 g/mol. The summed E-state index contributed by atoms with van der Waals surface area (Å²) in [6.07, 6.45) is 10.6. The number of hydrogen-bond donors (Lipinski definition) is 1. The highest BCUT2D eigenvalue weighted by Crippen LogP contribution is 2.25. The number of hydrogen-bond acceptors (Lipinski definition) is 2. The van der Waals surface area contributed by atoms with Crippen molar-refractivity contribution in [3.63, 3.8) is 0 Å². The molecule has 2 aliphatic rings. The number of amides is 1. The van der Waals surface area contributed by atoms with Gasteiger partial charge in [0.05, 0.1) is 0 Å². The van der Waals surface area contributed by atoms with Crippen molar-refractivity contribution >= 4 is 5.91 Å². The zero-order chi connectivity index (χ0) is 16.9. The van der Waals surface area contributed by atoms with Crippen molar-refractivity contribution in [2.24, 2.45) is 0 Å². The Kier molecular flexibility index (Phi) is 5.94. The average molecular weight is 329 g/mol. The molecule has 1 aromatic rings. The topological polar surface area (TPSA) is 32.3 Å².